The van der Waals surface area contributed by atoms with Gasteiger partial charge in [0.1, 0.15) is 23.3 Å². The monoisotopic (exact) mass is 292 g/mol. The number of hydrogen-bond acceptors (Lipinski definition) is 4. The van der Waals surface area contributed by atoms with E-state index < -0.39 is 17.9 Å². The zero-order valence-electron chi connectivity index (χ0n) is 12.2. The lowest BCUT2D eigenvalue weighted by atomic mass is 9.94. The summed E-state index contributed by atoms with van der Waals surface area (Å²) in [4.78, 5) is 12.3. The highest BCUT2D eigenvalue weighted by atomic mass is 19.1. The highest BCUT2D eigenvalue weighted by molar-refractivity contribution is 5.91. The van der Waals surface area contributed by atoms with Crippen molar-refractivity contribution in [3.05, 3.63) is 47.0 Å². The van der Waals surface area contributed by atoms with Crippen LogP contribution in [0, 0.1) is 5.82 Å². The molecule has 112 valence electrons. The fourth-order valence-electron chi connectivity index (χ4n) is 2.66. The summed E-state index contributed by atoms with van der Waals surface area (Å²) in [6, 6.07) is 5.90. The maximum absolute atomic E-state index is 13.1. The van der Waals surface area contributed by atoms with Gasteiger partial charge in [0.05, 0.1) is 6.10 Å². The summed E-state index contributed by atoms with van der Waals surface area (Å²) in [6.45, 7) is 5.31. The first-order valence-electron chi connectivity index (χ1n) is 6.92. The molecule has 0 spiro atoms. The minimum atomic E-state index is -0.972. The van der Waals surface area contributed by atoms with Crippen molar-refractivity contribution < 1.29 is 23.4 Å². The summed E-state index contributed by atoms with van der Waals surface area (Å²) < 4.78 is 30.0. The van der Waals surface area contributed by atoms with Crippen molar-refractivity contribution in [3.63, 3.8) is 0 Å². The quantitative estimate of drug-likeness (QED) is 0.745. The van der Waals surface area contributed by atoms with Gasteiger partial charge < -0.3 is 14.2 Å². The average Bonchev–Trinajstić information content (AvgIpc) is 2.36. The van der Waals surface area contributed by atoms with Gasteiger partial charge in [0, 0.05) is 20.3 Å². The van der Waals surface area contributed by atoms with Crippen molar-refractivity contribution in [1.29, 1.82) is 0 Å². The number of hydrogen-bond donors (Lipinski definition) is 0. The maximum atomic E-state index is 13.1. The molecule has 2 atom stereocenters. The van der Waals surface area contributed by atoms with Crippen LogP contribution in [0.5, 0.6) is 0 Å². The van der Waals surface area contributed by atoms with Crippen LogP contribution in [0.25, 0.3) is 0 Å². The van der Waals surface area contributed by atoms with Gasteiger partial charge in [-0.25, -0.2) is 9.18 Å². The Bertz CT molecular complexity index is 603. The van der Waals surface area contributed by atoms with Gasteiger partial charge in [0.2, 0.25) is 5.79 Å². The molecule has 21 heavy (non-hydrogen) atoms. The molecule has 0 aromatic heterocycles. The zero-order valence-corrected chi connectivity index (χ0v) is 12.2. The Kier molecular flexibility index (Phi) is 3.24. The smallest absolute Gasteiger partial charge is 0.343 e. The number of carbonyl (C=O) groups is 1. The first kappa shape index (κ1) is 14.1. The third kappa shape index (κ3) is 2.65. The Hall–Kier alpha value is -1.88. The molecule has 0 radical (unpaired) electrons. The van der Waals surface area contributed by atoms with Crippen molar-refractivity contribution in [2.45, 2.75) is 45.2 Å². The molecule has 0 saturated heterocycles. The third-order valence-corrected chi connectivity index (χ3v) is 3.50. The molecule has 4 nitrogen and oxygen atoms in total. The van der Waals surface area contributed by atoms with E-state index in [1.165, 1.54) is 12.1 Å². The van der Waals surface area contributed by atoms with Gasteiger partial charge in [-0.15, -0.1) is 0 Å². The van der Waals surface area contributed by atoms with E-state index in [1.54, 1.807) is 26.0 Å². The number of rotatable bonds is 1. The molecule has 5 heteroatoms. The number of ether oxygens (including phenoxy) is 3. The van der Waals surface area contributed by atoms with Crippen LogP contribution < -0.4 is 0 Å². The molecule has 3 rings (SSSR count). The van der Waals surface area contributed by atoms with E-state index >= 15 is 0 Å². The van der Waals surface area contributed by atoms with Crippen LogP contribution in [0.15, 0.2) is 35.6 Å². The van der Waals surface area contributed by atoms with Gasteiger partial charge in [-0.3, -0.25) is 0 Å². The van der Waals surface area contributed by atoms with Gasteiger partial charge in [0.15, 0.2) is 0 Å². The molecular formula is C16H17FO4. The van der Waals surface area contributed by atoms with Crippen LogP contribution in [-0.2, 0) is 19.0 Å². The summed E-state index contributed by atoms with van der Waals surface area (Å²) in [5.41, 5.74) is 1.08. The second-order valence-electron chi connectivity index (χ2n) is 5.81. The summed E-state index contributed by atoms with van der Waals surface area (Å²) >= 11 is 0. The highest BCUT2D eigenvalue weighted by Crippen LogP contribution is 2.42. The minimum Gasteiger partial charge on any atom is -0.456 e. The van der Waals surface area contributed by atoms with Crippen LogP contribution in [0.2, 0.25) is 0 Å². The van der Waals surface area contributed by atoms with Gasteiger partial charge in [0.25, 0.3) is 0 Å². The van der Waals surface area contributed by atoms with Crippen LogP contribution >= 0.6 is 0 Å². The van der Waals surface area contributed by atoms with Crippen molar-refractivity contribution in [2.75, 3.05) is 0 Å². The van der Waals surface area contributed by atoms with Crippen LogP contribution in [-0.4, -0.2) is 17.9 Å². The molecule has 2 aliphatic rings. The third-order valence-electron chi connectivity index (χ3n) is 3.50. The predicted molar refractivity (Wildman–Crippen MR) is 72.6 cm³/mol. The fraction of sp³-hybridized carbons (Fsp3) is 0.438. The summed E-state index contributed by atoms with van der Waals surface area (Å²) in [7, 11) is 0. The van der Waals surface area contributed by atoms with E-state index in [9.17, 15) is 9.18 Å². The Morgan fingerprint density at radius 2 is 1.86 bits per heavy atom. The first-order valence-corrected chi connectivity index (χ1v) is 6.92. The molecule has 0 saturated carbocycles. The highest BCUT2D eigenvalue weighted by Gasteiger charge is 2.43. The van der Waals surface area contributed by atoms with Crippen molar-refractivity contribution in [3.8, 4) is 0 Å². The van der Waals surface area contributed by atoms with Crippen LogP contribution in [0.1, 0.15) is 38.9 Å². The molecule has 1 aromatic rings. The number of esters is 1. The van der Waals surface area contributed by atoms with E-state index in [4.69, 9.17) is 14.2 Å². The van der Waals surface area contributed by atoms with Crippen LogP contribution in [0.3, 0.4) is 0 Å². The fourth-order valence-corrected chi connectivity index (χ4v) is 2.66. The predicted octanol–water partition coefficient (Wildman–Crippen LogP) is 3.24. The van der Waals surface area contributed by atoms with Crippen molar-refractivity contribution >= 4 is 5.97 Å². The molecule has 0 amide bonds. The Labute approximate surface area is 122 Å². The van der Waals surface area contributed by atoms with E-state index in [0.29, 0.717) is 23.3 Å². The lowest BCUT2D eigenvalue weighted by Gasteiger charge is -2.39. The maximum Gasteiger partial charge on any atom is 0.343 e. The number of carbonyl (C=O) groups excluding carboxylic acids is 1. The SMILES string of the molecule is C[C@@H]1CC2=C(C(=O)OC(C)(C)O2)[C@H](c2ccc(F)cc2)O1. The molecule has 0 aliphatic carbocycles. The van der Waals surface area contributed by atoms with E-state index in [1.807, 2.05) is 6.92 Å². The topological polar surface area (TPSA) is 44.8 Å². The second kappa shape index (κ2) is 4.84. The molecule has 0 N–H and O–H groups in total. The zero-order chi connectivity index (χ0) is 15.2. The summed E-state index contributed by atoms with van der Waals surface area (Å²) in [5, 5.41) is 0. The summed E-state index contributed by atoms with van der Waals surface area (Å²) in [6.07, 6.45) is -0.167. The number of benzene rings is 1. The van der Waals surface area contributed by atoms with Crippen LogP contribution in [0.4, 0.5) is 4.39 Å². The Morgan fingerprint density at radius 1 is 1.19 bits per heavy atom. The normalized spacial score (nSPS) is 27.7. The number of halogens is 1. The van der Waals surface area contributed by atoms with E-state index in [2.05, 4.69) is 0 Å². The molecule has 1 aromatic carbocycles. The Balaban J connectivity index is 2.04. The van der Waals surface area contributed by atoms with Gasteiger partial charge in [-0.2, -0.15) is 0 Å². The molecule has 0 fully saturated rings. The number of cyclic esters (lactones) is 1. The largest absolute Gasteiger partial charge is 0.456 e. The molecule has 2 aliphatic heterocycles. The van der Waals surface area contributed by atoms with Gasteiger partial charge in [-0.1, -0.05) is 12.1 Å². The van der Waals surface area contributed by atoms with E-state index in [0.717, 1.165) is 0 Å². The average molecular weight is 292 g/mol. The van der Waals surface area contributed by atoms with E-state index in [-0.39, 0.29) is 11.9 Å². The molecule has 2 heterocycles. The second-order valence-corrected chi connectivity index (χ2v) is 5.81. The molecule has 0 bridgehead atoms. The minimum absolute atomic E-state index is 0.0968. The molecule has 0 unspecified atom stereocenters. The van der Waals surface area contributed by atoms with Crippen molar-refractivity contribution in [2.24, 2.45) is 0 Å². The van der Waals surface area contributed by atoms with Crippen molar-refractivity contribution in [1.82, 2.24) is 0 Å². The summed E-state index contributed by atoms with van der Waals surface area (Å²) in [5.74, 6) is -1.15. The van der Waals surface area contributed by atoms with Gasteiger partial charge in [-0.05, 0) is 24.6 Å². The first-order chi connectivity index (χ1) is 9.85. The van der Waals surface area contributed by atoms with Gasteiger partial charge >= 0.3 is 5.97 Å². The lowest BCUT2D eigenvalue weighted by molar-refractivity contribution is -0.217. The Morgan fingerprint density at radius 3 is 2.52 bits per heavy atom. The standard InChI is InChI=1S/C16H17FO4/c1-9-8-12-13(15(18)21-16(2,3)20-12)14(19-9)10-4-6-11(17)7-5-10/h4-7,9,14H,8H2,1-3H3/t9-,14+/m1/s1. The lowest BCUT2D eigenvalue weighted by Crippen LogP contribution is -2.41. The molecular weight excluding hydrogens is 275 g/mol.